The Balaban J connectivity index is 1.26. The zero-order valence-corrected chi connectivity index (χ0v) is 23.0. The molecule has 0 unspecified atom stereocenters. The first-order chi connectivity index (χ1) is 19.4. The Morgan fingerprint density at radius 1 is 0.925 bits per heavy atom. The van der Waals surface area contributed by atoms with Gasteiger partial charge in [-0.05, 0) is 91.3 Å². The summed E-state index contributed by atoms with van der Waals surface area (Å²) in [5, 5.41) is 3.08. The number of urea groups is 1. The van der Waals surface area contributed by atoms with Gasteiger partial charge in [0.1, 0.15) is 23.0 Å². The van der Waals surface area contributed by atoms with Gasteiger partial charge in [0.05, 0.1) is 6.04 Å². The Kier molecular flexibility index (Phi) is 7.41. The van der Waals surface area contributed by atoms with Crippen LogP contribution in [0.3, 0.4) is 0 Å². The average Bonchev–Trinajstić information content (AvgIpc) is 3.20. The quantitative estimate of drug-likeness (QED) is 0.370. The van der Waals surface area contributed by atoms with E-state index in [9.17, 15) is 13.6 Å². The molecule has 2 saturated heterocycles. The van der Waals surface area contributed by atoms with E-state index in [2.05, 4.69) is 16.3 Å². The number of nitrogens with one attached hydrogen (secondary N) is 1. The molecule has 1 N–H and O–H groups in total. The molecule has 6 rings (SSSR count). The maximum atomic E-state index is 14.7. The van der Waals surface area contributed by atoms with E-state index in [-0.39, 0.29) is 23.7 Å². The molecule has 40 heavy (non-hydrogen) atoms. The predicted molar refractivity (Wildman–Crippen MR) is 156 cm³/mol. The normalized spacial score (nSPS) is 20.8. The lowest BCUT2D eigenvalue weighted by Gasteiger charge is -2.44. The summed E-state index contributed by atoms with van der Waals surface area (Å²) >= 11 is 0. The van der Waals surface area contributed by atoms with Gasteiger partial charge < -0.3 is 0 Å². The third-order valence-corrected chi connectivity index (χ3v) is 8.75. The number of likely N-dealkylation sites (tertiary alicyclic amines) is 1. The molecule has 3 fully saturated rings. The number of nitrogens with zero attached hydrogens (tertiary/aromatic N) is 3. The molecule has 208 valence electrons. The van der Waals surface area contributed by atoms with E-state index in [4.69, 9.17) is 4.99 Å². The van der Waals surface area contributed by atoms with Crippen molar-refractivity contribution in [2.75, 3.05) is 18.0 Å². The second-order valence-electron chi connectivity index (χ2n) is 11.5. The van der Waals surface area contributed by atoms with Crippen LogP contribution in [0.1, 0.15) is 56.1 Å². The molecule has 1 spiro atoms. The van der Waals surface area contributed by atoms with Crippen LogP contribution in [0.25, 0.3) is 11.1 Å². The van der Waals surface area contributed by atoms with Gasteiger partial charge in [0.15, 0.2) is 0 Å². The van der Waals surface area contributed by atoms with Gasteiger partial charge in [0, 0.05) is 25.3 Å². The number of halogens is 2. The van der Waals surface area contributed by atoms with Crippen LogP contribution in [-0.4, -0.2) is 41.4 Å². The first-order valence-electron chi connectivity index (χ1n) is 14.4. The molecule has 2 aliphatic heterocycles. The highest BCUT2D eigenvalue weighted by molar-refractivity contribution is 6.19. The average molecular weight is 543 g/mol. The number of benzene rings is 3. The van der Waals surface area contributed by atoms with E-state index in [0.29, 0.717) is 38.2 Å². The van der Waals surface area contributed by atoms with E-state index in [1.807, 2.05) is 31.2 Å². The van der Waals surface area contributed by atoms with Crippen LogP contribution < -0.4 is 10.2 Å². The molecular weight excluding hydrogens is 506 g/mol. The van der Waals surface area contributed by atoms with Gasteiger partial charge in [-0.1, -0.05) is 49.6 Å². The summed E-state index contributed by atoms with van der Waals surface area (Å²) in [6, 6.07) is 19.5. The third-order valence-electron chi connectivity index (χ3n) is 8.75. The monoisotopic (exact) mass is 542 g/mol. The van der Waals surface area contributed by atoms with Crippen LogP contribution >= 0.6 is 0 Å². The lowest BCUT2D eigenvalue weighted by atomic mass is 9.84. The zero-order valence-electron chi connectivity index (χ0n) is 23.0. The van der Waals surface area contributed by atoms with Crippen molar-refractivity contribution in [1.29, 1.82) is 0 Å². The number of hydrogen-bond acceptors (Lipinski definition) is 3. The highest BCUT2D eigenvalue weighted by Crippen LogP contribution is 2.39. The van der Waals surface area contributed by atoms with E-state index in [1.54, 1.807) is 29.2 Å². The van der Waals surface area contributed by atoms with Crippen molar-refractivity contribution in [3.8, 4) is 11.1 Å². The Bertz CT molecular complexity index is 1420. The van der Waals surface area contributed by atoms with Crippen LogP contribution in [0.5, 0.6) is 0 Å². The lowest BCUT2D eigenvalue weighted by molar-refractivity contribution is 0.184. The van der Waals surface area contributed by atoms with Crippen molar-refractivity contribution in [1.82, 2.24) is 10.2 Å². The van der Waals surface area contributed by atoms with E-state index >= 15 is 0 Å². The fourth-order valence-corrected chi connectivity index (χ4v) is 6.69. The van der Waals surface area contributed by atoms with Crippen molar-refractivity contribution in [2.24, 2.45) is 4.99 Å². The van der Waals surface area contributed by atoms with Gasteiger partial charge in [0.2, 0.25) is 0 Å². The lowest BCUT2D eigenvalue weighted by Crippen LogP contribution is -2.57. The first-order valence-corrected chi connectivity index (χ1v) is 14.4. The second kappa shape index (κ2) is 11.1. The summed E-state index contributed by atoms with van der Waals surface area (Å²) in [5.41, 5.74) is 3.85. The van der Waals surface area contributed by atoms with Gasteiger partial charge in [-0.25, -0.2) is 13.6 Å². The molecule has 0 radical (unpaired) electrons. The Labute approximate surface area is 234 Å². The van der Waals surface area contributed by atoms with Gasteiger partial charge >= 0.3 is 6.03 Å². The molecule has 3 aliphatic rings. The zero-order chi connectivity index (χ0) is 27.7. The second-order valence-corrected chi connectivity index (χ2v) is 11.5. The van der Waals surface area contributed by atoms with Crippen molar-refractivity contribution in [3.63, 3.8) is 0 Å². The minimum Gasteiger partial charge on any atom is -0.299 e. The molecule has 2 amide bonds. The standard InChI is InChI=1S/C33H36F2N4O/c1-23-8-5-6-13-30(23)25-18-24(19-27(35)20-25)22-38-16-14-33(15-17-38)31(36-28-10-3-2-4-11-28)37-32(40)39(33)29-12-7-9-26(34)21-29/h5-9,12-13,18-21,28H,2-4,10-11,14-17,22H2,1H3,(H,36,37,40). The van der Waals surface area contributed by atoms with Crippen molar-refractivity contribution >= 4 is 17.6 Å². The summed E-state index contributed by atoms with van der Waals surface area (Å²) in [4.78, 5) is 22.5. The number of aryl methyl sites for hydroxylation is 1. The molecule has 1 saturated carbocycles. The van der Waals surface area contributed by atoms with Crippen LogP contribution in [0, 0.1) is 18.6 Å². The molecule has 0 aromatic heterocycles. The van der Waals surface area contributed by atoms with E-state index in [1.165, 1.54) is 18.6 Å². The number of rotatable bonds is 5. The summed E-state index contributed by atoms with van der Waals surface area (Å²) in [5.74, 6) is 0.112. The first kappa shape index (κ1) is 26.6. The van der Waals surface area contributed by atoms with Crippen LogP contribution in [0.15, 0.2) is 71.7 Å². The molecule has 3 aromatic carbocycles. The largest absolute Gasteiger partial charge is 0.328 e. The minimum absolute atomic E-state index is 0.207. The van der Waals surface area contributed by atoms with Crippen LogP contribution in [0.4, 0.5) is 19.3 Å². The summed E-state index contributed by atoms with van der Waals surface area (Å²) in [6.07, 6.45) is 6.93. The molecule has 3 aromatic rings. The molecule has 7 heteroatoms. The Morgan fingerprint density at radius 3 is 2.45 bits per heavy atom. The van der Waals surface area contributed by atoms with Crippen molar-refractivity contribution in [2.45, 2.75) is 70.0 Å². The molecule has 2 heterocycles. The minimum atomic E-state index is -0.646. The molecule has 1 aliphatic carbocycles. The van der Waals surface area contributed by atoms with Crippen LogP contribution in [0.2, 0.25) is 0 Å². The summed E-state index contributed by atoms with van der Waals surface area (Å²) in [6.45, 7) is 4.07. The van der Waals surface area contributed by atoms with Crippen molar-refractivity contribution in [3.05, 3.63) is 89.5 Å². The third kappa shape index (κ3) is 5.27. The van der Waals surface area contributed by atoms with Gasteiger partial charge in [-0.15, -0.1) is 0 Å². The van der Waals surface area contributed by atoms with Gasteiger partial charge in [-0.2, -0.15) is 0 Å². The highest BCUT2D eigenvalue weighted by Gasteiger charge is 2.53. The maximum Gasteiger partial charge on any atom is 0.328 e. The fourth-order valence-electron chi connectivity index (χ4n) is 6.69. The number of carbonyl (C=O) groups excluding carboxylic acids is 1. The molecule has 0 bridgehead atoms. The number of amides is 2. The SMILES string of the molecule is Cc1ccccc1-c1cc(F)cc(CN2CCC3(CC2)C(=NC2CCCCC2)NC(=O)N3c2cccc(F)c2)c1. The summed E-state index contributed by atoms with van der Waals surface area (Å²) in [7, 11) is 0. The molecular formula is C33H36F2N4O. The number of amidine groups is 1. The van der Waals surface area contributed by atoms with E-state index < -0.39 is 5.54 Å². The van der Waals surface area contributed by atoms with E-state index in [0.717, 1.165) is 53.8 Å². The Hall–Kier alpha value is -3.58. The van der Waals surface area contributed by atoms with Crippen LogP contribution in [-0.2, 0) is 6.54 Å². The molecule has 5 nitrogen and oxygen atoms in total. The smallest absolute Gasteiger partial charge is 0.299 e. The topological polar surface area (TPSA) is 47.9 Å². The predicted octanol–water partition coefficient (Wildman–Crippen LogP) is 7.24. The number of hydrogen-bond donors (Lipinski definition) is 1. The number of piperidine rings is 1. The maximum absolute atomic E-state index is 14.7. The number of carbonyl (C=O) groups is 1. The van der Waals surface area contributed by atoms with Gasteiger partial charge in [-0.3, -0.25) is 20.1 Å². The summed E-state index contributed by atoms with van der Waals surface area (Å²) < 4.78 is 29.0. The fraction of sp³-hybridized carbons (Fsp3) is 0.394. The number of aliphatic imine (C=N–C) groups is 1. The number of anilines is 1. The molecule has 0 atom stereocenters. The van der Waals surface area contributed by atoms with Gasteiger partial charge in [0.25, 0.3) is 0 Å². The highest BCUT2D eigenvalue weighted by atomic mass is 19.1. The van der Waals surface area contributed by atoms with Crippen molar-refractivity contribution < 1.29 is 13.6 Å². The Morgan fingerprint density at radius 2 is 1.70 bits per heavy atom.